The molecule has 0 radical (unpaired) electrons. The van der Waals surface area contributed by atoms with E-state index in [4.69, 9.17) is 13.7 Å². The summed E-state index contributed by atoms with van der Waals surface area (Å²) >= 11 is 3.31. The van der Waals surface area contributed by atoms with Crippen LogP contribution in [0.15, 0.2) is 81.2 Å². The van der Waals surface area contributed by atoms with E-state index in [0.717, 1.165) is 4.47 Å². The number of rotatable bonds is 8. The smallest absolute Gasteiger partial charge is 0.339 e. The summed E-state index contributed by atoms with van der Waals surface area (Å²) in [6.45, 7) is 0. The molecule has 1 amide bonds. The van der Waals surface area contributed by atoms with Crippen molar-refractivity contribution < 1.29 is 26.9 Å². The Labute approximate surface area is 194 Å². The van der Waals surface area contributed by atoms with Gasteiger partial charge in [-0.1, -0.05) is 15.9 Å². The van der Waals surface area contributed by atoms with Gasteiger partial charge >= 0.3 is 10.1 Å². The summed E-state index contributed by atoms with van der Waals surface area (Å²) < 4.78 is 40.9. The quantitative estimate of drug-likeness (QED) is 0.274. The third-order valence-corrected chi connectivity index (χ3v) is 5.97. The number of carbonyl (C=O) groups excluding carboxylic acids is 1. The molecule has 0 saturated heterocycles. The molecule has 0 spiro atoms. The van der Waals surface area contributed by atoms with E-state index in [1.165, 1.54) is 56.8 Å². The Morgan fingerprint density at radius 2 is 1.59 bits per heavy atom. The van der Waals surface area contributed by atoms with E-state index in [9.17, 15) is 13.2 Å². The average Bonchev–Trinajstić information content (AvgIpc) is 2.80. The molecule has 3 rings (SSSR count). The van der Waals surface area contributed by atoms with Crippen LogP contribution in [-0.2, 0) is 10.1 Å². The van der Waals surface area contributed by atoms with E-state index in [1.54, 1.807) is 30.3 Å². The van der Waals surface area contributed by atoms with Crippen molar-refractivity contribution in [1.82, 2.24) is 5.43 Å². The number of halogens is 1. The lowest BCUT2D eigenvalue weighted by Gasteiger charge is -2.08. The molecule has 166 valence electrons. The normalized spacial score (nSPS) is 11.2. The molecule has 0 bridgehead atoms. The highest BCUT2D eigenvalue weighted by atomic mass is 79.9. The third-order valence-electron chi connectivity index (χ3n) is 4.22. The van der Waals surface area contributed by atoms with Crippen LogP contribution < -0.4 is 19.1 Å². The molecule has 0 heterocycles. The molecule has 32 heavy (non-hydrogen) atoms. The fourth-order valence-corrected chi connectivity index (χ4v) is 3.90. The summed E-state index contributed by atoms with van der Waals surface area (Å²) in [5, 5.41) is 3.92. The van der Waals surface area contributed by atoms with Crippen LogP contribution in [0, 0.1) is 0 Å². The number of methoxy groups -OCH3 is 2. The van der Waals surface area contributed by atoms with Crippen molar-refractivity contribution in [2.75, 3.05) is 14.2 Å². The molecular weight excluding hydrogens is 500 g/mol. The second-order valence-corrected chi connectivity index (χ2v) is 8.79. The second kappa shape index (κ2) is 10.3. The highest BCUT2D eigenvalue weighted by molar-refractivity contribution is 9.10. The summed E-state index contributed by atoms with van der Waals surface area (Å²) in [4.78, 5) is 12.3. The van der Waals surface area contributed by atoms with Crippen molar-refractivity contribution in [3.63, 3.8) is 0 Å². The number of hydrazone groups is 1. The van der Waals surface area contributed by atoms with Crippen molar-refractivity contribution in [3.05, 3.63) is 82.3 Å². The standard InChI is InChI=1S/C22H19BrN2O6S/c1-29-17-8-10-19(11-9-17)32(27,28)31-18-6-3-15(4-7-18)14-24-25-22(26)20-13-16(23)5-12-21(20)30-2/h3-14H,1-2H3,(H,25,26)/b24-14-. The van der Waals surface area contributed by atoms with Gasteiger partial charge < -0.3 is 13.7 Å². The number of nitrogens with zero attached hydrogens (tertiary/aromatic N) is 1. The molecule has 0 atom stereocenters. The summed E-state index contributed by atoms with van der Waals surface area (Å²) in [7, 11) is -1.01. The van der Waals surface area contributed by atoms with Crippen molar-refractivity contribution in [3.8, 4) is 17.2 Å². The molecule has 3 aromatic rings. The number of hydrogen-bond acceptors (Lipinski definition) is 7. The summed E-state index contributed by atoms with van der Waals surface area (Å²) in [6, 6.07) is 17.1. The van der Waals surface area contributed by atoms with Gasteiger partial charge in [0.25, 0.3) is 5.91 Å². The molecule has 1 N–H and O–H groups in total. The van der Waals surface area contributed by atoms with Crippen LogP contribution >= 0.6 is 15.9 Å². The number of carbonyl (C=O) groups is 1. The molecule has 0 aliphatic rings. The number of ether oxygens (including phenoxy) is 2. The Kier molecular flexibility index (Phi) is 7.49. The Morgan fingerprint density at radius 3 is 2.22 bits per heavy atom. The number of amides is 1. The lowest BCUT2D eigenvalue weighted by atomic mass is 10.2. The summed E-state index contributed by atoms with van der Waals surface area (Å²) in [6.07, 6.45) is 1.42. The zero-order valence-corrected chi connectivity index (χ0v) is 19.5. The maximum atomic E-state index is 12.4. The molecule has 3 aromatic carbocycles. The maximum absolute atomic E-state index is 12.4. The largest absolute Gasteiger partial charge is 0.497 e. The third kappa shape index (κ3) is 5.86. The van der Waals surface area contributed by atoms with Gasteiger partial charge in [0.05, 0.1) is 26.0 Å². The van der Waals surface area contributed by atoms with Gasteiger partial charge in [0, 0.05) is 4.47 Å². The zero-order valence-electron chi connectivity index (χ0n) is 17.1. The number of hydrogen-bond donors (Lipinski definition) is 1. The van der Waals surface area contributed by atoms with Gasteiger partial charge in [0.2, 0.25) is 0 Å². The molecule has 0 fully saturated rings. The summed E-state index contributed by atoms with van der Waals surface area (Å²) in [5.41, 5.74) is 3.38. The first kappa shape index (κ1) is 23.3. The first-order chi connectivity index (χ1) is 15.3. The van der Waals surface area contributed by atoms with Crippen molar-refractivity contribution in [2.45, 2.75) is 4.90 Å². The first-order valence-electron chi connectivity index (χ1n) is 9.18. The highest BCUT2D eigenvalue weighted by Crippen LogP contribution is 2.23. The lowest BCUT2D eigenvalue weighted by Crippen LogP contribution is -2.18. The van der Waals surface area contributed by atoms with E-state index in [0.29, 0.717) is 22.6 Å². The van der Waals surface area contributed by atoms with Crippen molar-refractivity contribution in [2.24, 2.45) is 5.10 Å². The fourth-order valence-electron chi connectivity index (χ4n) is 2.61. The van der Waals surface area contributed by atoms with E-state index in [2.05, 4.69) is 26.5 Å². The Morgan fingerprint density at radius 1 is 0.938 bits per heavy atom. The van der Waals surface area contributed by atoms with E-state index >= 15 is 0 Å². The van der Waals surface area contributed by atoms with Crippen LogP contribution in [0.3, 0.4) is 0 Å². The average molecular weight is 519 g/mol. The molecule has 0 aromatic heterocycles. The van der Waals surface area contributed by atoms with Gasteiger partial charge in [-0.15, -0.1) is 0 Å². The van der Waals surface area contributed by atoms with E-state index in [-0.39, 0.29) is 10.6 Å². The van der Waals surface area contributed by atoms with Crippen molar-refractivity contribution >= 4 is 38.2 Å². The molecule has 0 aliphatic heterocycles. The van der Waals surface area contributed by atoms with Crippen molar-refractivity contribution in [1.29, 1.82) is 0 Å². The van der Waals surface area contributed by atoms with E-state index in [1.807, 2.05) is 0 Å². The highest BCUT2D eigenvalue weighted by Gasteiger charge is 2.16. The van der Waals surface area contributed by atoms with Crippen LogP contribution in [0.1, 0.15) is 15.9 Å². The first-order valence-corrected chi connectivity index (χ1v) is 11.4. The van der Waals surface area contributed by atoms with Gasteiger partial charge in [-0.3, -0.25) is 4.79 Å². The number of nitrogens with one attached hydrogen (secondary N) is 1. The summed E-state index contributed by atoms with van der Waals surface area (Å²) in [5.74, 6) is 0.657. The number of benzene rings is 3. The second-order valence-electron chi connectivity index (χ2n) is 6.33. The predicted octanol–water partition coefficient (Wildman–Crippen LogP) is 4.00. The van der Waals surface area contributed by atoms with Gasteiger partial charge in [0.15, 0.2) is 0 Å². The predicted molar refractivity (Wildman–Crippen MR) is 123 cm³/mol. The SMILES string of the molecule is COc1ccc(S(=O)(=O)Oc2ccc(/C=N\NC(=O)c3cc(Br)ccc3OC)cc2)cc1. The van der Waals surface area contributed by atoms with E-state index < -0.39 is 16.0 Å². The monoisotopic (exact) mass is 518 g/mol. The maximum Gasteiger partial charge on any atom is 0.339 e. The van der Waals surface area contributed by atoms with Crippen LogP contribution in [0.5, 0.6) is 17.2 Å². The topological polar surface area (TPSA) is 103 Å². The van der Waals surface area contributed by atoms with Crippen LogP contribution in [-0.4, -0.2) is 34.8 Å². The molecular formula is C22H19BrN2O6S. The lowest BCUT2D eigenvalue weighted by molar-refractivity contribution is 0.0952. The van der Waals surface area contributed by atoms with Crippen LogP contribution in [0.2, 0.25) is 0 Å². The minimum Gasteiger partial charge on any atom is -0.497 e. The fraction of sp³-hybridized carbons (Fsp3) is 0.0909. The Balaban J connectivity index is 1.63. The van der Waals surface area contributed by atoms with Gasteiger partial charge in [-0.25, -0.2) is 5.43 Å². The minimum atomic E-state index is -3.98. The van der Waals surface area contributed by atoms with Gasteiger partial charge in [-0.05, 0) is 72.3 Å². The molecule has 8 nitrogen and oxygen atoms in total. The van der Waals surface area contributed by atoms with Crippen LogP contribution in [0.4, 0.5) is 0 Å². The minimum absolute atomic E-state index is 0.00892. The molecule has 0 unspecified atom stereocenters. The van der Waals surface area contributed by atoms with Gasteiger partial charge in [-0.2, -0.15) is 13.5 Å². The molecule has 0 aliphatic carbocycles. The molecule has 10 heteroatoms. The van der Waals surface area contributed by atoms with Crippen LogP contribution in [0.25, 0.3) is 0 Å². The zero-order chi connectivity index (χ0) is 23.1. The van der Waals surface area contributed by atoms with Gasteiger partial charge in [0.1, 0.15) is 22.1 Å². The molecule has 0 saturated carbocycles. The Bertz CT molecular complexity index is 1230. The Hall–Kier alpha value is -3.37.